The molecule has 2 heterocycles. The van der Waals surface area contributed by atoms with Gasteiger partial charge in [0.15, 0.2) is 5.72 Å². The molecule has 20 heavy (non-hydrogen) atoms. The second-order valence-corrected chi connectivity index (χ2v) is 5.54. The van der Waals surface area contributed by atoms with E-state index in [2.05, 4.69) is 19.1 Å². The second kappa shape index (κ2) is 4.86. The molecular formula is C16H21NO3. The van der Waals surface area contributed by atoms with Crippen molar-refractivity contribution in [2.75, 3.05) is 6.61 Å². The lowest BCUT2D eigenvalue weighted by molar-refractivity contribution is -0.159. The molecule has 0 saturated carbocycles. The Labute approximate surface area is 119 Å². The van der Waals surface area contributed by atoms with Crippen LogP contribution in [0.4, 0.5) is 0 Å². The topological polar surface area (TPSA) is 41.8 Å². The van der Waals surface area contributed by atoms with Crippen molar-refractivity contribution in [1.29, 1.82) is 0 Å². The largest absolute Gasteiger partial charge is 0.465 e. The van der Waals surface area contributed by atoms with Gasteiger partial charge in [-0.15, -0.1) is 5.06 Å². The smallest absolute Gasteiger partial charge is 0.329 e. The molecule has 1 unspecified atom stereocenters. The maximum absolute atomic E-state index is 12.4. The minimum absolute atomic E-state index is 0.142. The summed E-state index contributed by atoms with van der Waals surface area (Å²) >= 11 is 0. The van der Waals surface area contributed by atoms with Crippen LogP contribution in [0, 0.1) is 0 Å². The van der Waals surface area contributed by atoms with Gasteiger partial charge >= 0.3 is 5.97 Å². The third kappa shape index (κ3) is 1.79. The Bertz CT molecular complexity index is 504. The van der Waals surface area contributed by atoms with Crippen molar-refractivity contribution in [3.8, 4) is 0 Å². The summed E-state index contributed by atoms with van der Waals surface area (Å²) in [6.07, 6.45) is 3.36. The first kappa shape index (κ1) is 13.6. The highest BCUT2D eigenvalue weighted by atomic mass is 16.9. The van der Waals surface area contributed by atoms with Crippen molar-refractivity contribution in [2.24, 2.45) is 0 Å². The maximum Gasteiger partial charge on any atom is 0.329 e. The fourth-order valence-corrected chi connectivity index (χ4v) is 3.39. The van der Waals surface area contributed by atoms with E-state index in [1.807, 2.05) is 30.2 Å². The first-order chi connectivity index (χ1) is 9.69. The lowest BCUT2D eigenvalue weighted by Gasteiger charge is -2.26. The van der Waals surface area contributed by atoms with Crippen molar-refractivity contribution in [1.82, 2.24) is 5.06 Å². The Morgan fingerprint density at radius 1 is 1.30 bits per heavy atom. The van der Waals surface area contributed by atoms with Gasteiger partial charge in [-0.1, -0.05) is 43.7 Å². The molecule has 0 aromatic heterocycles. The number of hydrogen-bond donors (Lipinski definition) is 0. The zero-order valence-corrected chi connectivity index (χ0v) is 12.1. The van der Waals surface area contributed by atoms with Gasteiger partial charge in [-0.05, 0) is 19.8 Å². The van der Waals surface area contributed by atoms with Crippen LogP contribution < -0.4 is 0 Å². The van der Waals surface area contributed by atoms with Crippen LogP contribution in [-0.2, 0) is 20.1 Å². The number of ether oxygens (including phenoxy) is 1. The Hall–Kier alpha value is -1.39. The molecule has 0 spiro atoms. The Kier molecular flexibility index (Phi) is 3.30. The van der Waals surface area contributed by atoms with E-state index < -0.39 is 11.3 Å². The predicted octanol–water partition coefficient (Wildman–Crippen LogP) is 2.98. The molecule has 2 aliphatic heterocycles. The van der Waals surface area contributed by atoms with Gasteiger partial charge in [-0.3, -0.25) is 4.84 Å². The van der Waals surface area contributed by atoms with Crippen LogP contribution >= 0.6 is 0 Å². The van der Waals surface area contributed by atoms with Crippen molar-refractivity contribution < 1.29 is 14.4 Å². The van der Waals surface area contributed by atoms with Crippen molar-refractivity contribution >= 4 is 5.97 Å². The van der Waals surface area contributed by atoms with Crippen LogP contribution in [0.3, 0.4) is 0 Å². The highest BCUT2D eigenvalue weighted by molar-refractivity contribution is 5.82. The fraction of sp³-hybridized carbons (Fsp3) is 0.562. The van der Waals surface area contributed by atoms with Crippen molar-refractivity contribution in [2.45, 2.75) is 50.8 Å². The first-order valence-corrected chi connectivity index (χ1v) is 7.42. The van der Waals surface area contributed by atoms with E-state index in [1.54, 1.807) is 0 Å². The Morgan fingerprint density at radius 2 is 2.05 bits per heavy atom. The van der Waals surface area contributed by atoms with E-state index >= 15 is 0 Å². The van der Waals surface area contributed by atoms with Gasteiger partial charge in [-0.25, -0.2) is 4.79 Å². The molecule has 4 heteroatoms. The quantitative estimate of drug-likeness (QED) is 0.612. The zero-order valence-electron chi connectivity index (χ0n) is 12.1. The molecule has 0 N–H and O–H groups in total. The molecule has 0 aliphatic carbocycles. The lowest BCUT2D eigenvalue weighted by atomic mass is 9.91. The second-order valence-electron chi connectivity index (χ2n) is 5.54. The first-order valence-electron chi connectivity index (χ1n) is 7.42. The monoisotopic (exact) mass is 275 g/mol. The highest BCUT2D eigenvalue weighted by Crippen LogP contribution is 2.61. The Morgan fingerprint density at radius 3 is 2.65 bits per heavy atom. The third-order valence-corrected chi connectivity index (χ3v) is 4.35. The number of nitrogens with zero attached hydrogens (tertiary/aromatic N) is 1. The molecule has 108 valence electrons. The molecule has 2 saturated heterocycles. The molecular weight excluding hydrogens is 254 g/mol. The van der Waals surface area contributed by atoms with Crippen LogP contribution in [0.15, 0.2) is 30.3 Å². The molecule has 4 nitrogen and oxygen atoms in total. The number of hydrogen-bond acceptors (Lipinski definition) is 4. The van der Waals surface area contributed by atoms with E-state index in [-0.39, 0.29) is 5.97 Å². The van der Waals surface area contributed by atoms with Gasteiger partial charge in [-0.2, -0.15) is 0 Å². The number of carbonyl (C=O) groups is 1. The van der Waals surface area contributed by atoms with E-state index in [0.29, 0.717) is 6.61 Å². The lowest BCUT2D eigenvalue weighted by Crippen LogP contribution is -2.45. The average molecular weight is 275 g/mol. The van der Waals surface area contributed by atoms with Crippen molar-refractivity contribution in [3.63, 3.8) is 0 Å². The number of carbonyl (C=O) groups excluding carboxylic acids is 1. The maximum atomic E-state index is 12.4. The van der Waals surface area contributed by atoms with Gasteiger partial charge in [0, 0.05) is 12.0 Å². The molecule has 3 atom stereocenters. The van der Waals surface area contributed by atoms with Crippen LogP contribution in [0.5, 0.6) is 0 Å². The fourth-order valence-electron chi connectivity index (χ4n) is 3.39. The highest BCUT2D eigenvalue weighted by Gasteiger charge is 2.73. The number of benzene rings is 1. The van der Waals surface area contributed by atoms with E-state index in [4.69, 9.17) is 9.57 Å². The molecule has 0 amide bonds. The van der Waals surface area contributed by atoms with Gasteiger partial charge in [0.25, 0.3) is 0 Å². The van der Waals surface area contributed by atoms with Gasteiger partial charge < -0.3 is 4.74 Å². The molecule has 0 bridgehead atoms. The molecule has 0 radical (unpaired) electrons. The predicted molar refractivity (Wildman–Crippen MR) is 74.6 cm³/mol. The molecule has 3 rings (SSSR count). The SMILES string of the molecule is CCC[C@]1(C(=O)OCC)CC[C@@]2(c3ccccc3)ON12. The van der Waals surface area contributed by atoms with Crippen molar-refractivity contribution in [3.05, 3.63) is 35.9 Å². The summed E-state index contributed by atoms with van der Waals surface area (Å²) < 4.78 is 5.30. The van der Waals surface area contributed by atoms with Crippen LogP contribution in [0.1, 0.15) is 45.1 Å². The molecule has 2 fully saturated rings. The average Bonchev–Trinajstić information content (AvgIpc) is 3.14. The van der Waals surface area contributed by atoms with Gasteiger partial charge in [0.05, 0.1) is 6.61 Å². The number of hydroxylamine groups is 2. The minimum atomic E-state index is -0.597. The normalized spacial score (nSPS) is 34.6. The third-order valence-electron chi connectivity index (χ3n) is 4.35. The van der Waals surface area contributed by atoms with Gasteiger partial charge in [0.1, 0.15) is 5.54 Å². The van der Waals surface area contributed by atoms with E-state index in [0.717, 1.165) is 31.2 Å². The number of fused-ring (bicyclic) bond motifs is 1. The van der Waals surface area contributed by atoms with Crippen LogP contribution in [0.2, 0.25) is 0 Å². The summed E-state index contributed by atoms with van der Waals surface area (Å²) in [6, 6.07) is 10.1. The summed E-state index contributed by atoms with van der Waals surface area (Å²) in [5.74, 6) is -0.142. The molecule has 1 aromatic rings. The van der Waals surface area contributed by atoms with Gasteiger partial charge in [0.2, 0.25) is 0 Å². The van der Waals surface area contributed by atoms with E-state index in [1.165, 1.54) is 0 Å². The summed E-state index contributed by atoms with van der Waals surface area (Å²) in [6.45, 7) is 4.35. The zero-order chi connectivity index (χ0) is 14.2. The minimum Gasteiger partial charge on any atom is -0.465 e. The Balaban J connectivity index is 1.89. The van der Waals surface area contributed by atoms with E-state index in [9.17, 15) is 4.79 Å². The number of rotatable bonds is 5. The summed E-state index contributed by atoms with van der Waals surface area (Å²) in [5, 5.41) is 1.89. The molecule has 1 aromatic carbocycles. The molecule has 2 aliphatic rings. The van der Waals surface area contributed by atoms with Crippen LogP contribution in [0.25, 0.3) is 0 Å². The van der Waals surface area contributed by atoms with Crippen LogP contribution in [-0.4, -0.2) is 23.2 Å². The standard InChI is InChI=1S/C16H21NO3/c1-3-10-15(14(18)19-4-2)11-12-16(17(15)20-16)13-8-6-5-7-9-13/h5-9H,3-4,10-12H2,1-2H3/t15-,16+,17?/m1/s1. The summed E-state index contributed by atoms with van der Waals surface area (Å²) in [7, 11) is 0. The summed E-state index contributed by atoms with van der Waals surface area (Å²) in [5.41, 5.74) is 0.131. The summed E-state index contributed by atoms with van der Waals surface area (Å²) in [4.78, 5) is 18.3. The number of esters is 1.